The highest BCUT2D eigenvalue weighted by Crippen LogP contribution is 2.23. The van der Waals surface area contributed by atoms with Gasteiger partial charge in [-0.05, 0) is 42.2 Å². The van der Waals surface area contributed by atoms with Gasteiger partial charge < -0.3 is 4.57 Å². The first-order chi connectivity index (χ1) is 11.0. The van der Waals surface area contributed by atoms with Gasteiger partial charge in [-0.15, -0.1) is 0 Å². The van der Waals surface area contributed by atoms with Crippen LogP contribution in [0.2, 0.25) is 0 Å². The van der Waals surface area contributed by atoms with E-state index in [1.54, 1.807) is 11.3 Å². The number of thiazole rings is 1. The first-order valence-corrected chi connectivity index (χ1v) is 8.53. The number of carbonyl (C=O) groups is 1. The van der Waals surface area contributed by atoms with E-state index in [0.29, 0.717) is 11.5 Å². The highest BCUT2D eigenvalue weighted by Gasteiger charge is 2.10. The van der Waals surface area contributed by atoms with Crippen LogP contribution in [0.5, 0.6) is 0 Å². The van der Waals surface area contributed by atoms with Gasteiger partial charge in [0, 0.05) is 12.6 Å². The molecule has 3 nitrogen and oxygen atoms in total. The first kappa shape index (κ1) is 15.7. The summed E-state index contributed by atoms with van der Waals surface area (Å²) in [4.78, 5) is 17.5. The molecule has 0 aliphatic rings. The number of hydrogen-bond donors (Lipinski definition) is 0. The van der Waals surface area contributed by atoms with Crippen molar-refractivity contribution in [2.75, 3.05) is 0 Å². The van der Waals surface area contributed by atoms with Crippen LogP contribution >= 0.6 is 11.3 Å². The van der Waals surface area contributed by atoms with Crippen molar-refractivity contribution in [1.82, 2.24) is 4.57 Å². The van der Waals surface area contributed by atoms with Gasteiger partial charge >= 0.3 is 0 Å². The standard InChI is InChI=1S/C19H20N2OS/c1-12(2)14-9-10-16-17(11-14)23-19(21(16)4)20-18(22)15-8-6-5-7-13(15)3/h5-12H,1-4H3. The lowest BCUT2D eigenvalue weighted by atomic mass is 10.0. The molecular weight excluding hydrogens is 304 g/mol. The van der Waals surface area contributed by atoms with E-state index in [0.717, 1.165) is 20.6 Å². The van der Waals surface area contributed by atoms with E-state index >= 15 is 0 Å². The van der Waals surface area contributed by atoms with E-state index in [4.69, 9.17) is 0 Å². The van der Waals surface area contributed by atoms with Gasteiger partial charge in [-0.25, -0.2) is 0 Å². The topological polar surface area (TPSA) is 34.4 Å². The molecule has 0 N–H and O–H groups in total. The van der Waals surface area contributed by atoms with Gasteiger partial charge in [-0.1, -0.05) is 49.4 Å². The van der Waals surface area contributed by atoms with Gasteiger partial charge in [-0.3, -0.25) is 4.79 Å². The summed E-state index contributed by atoms with van der Waals surface area (Å²) in [5.74, 6) is 0.301. The second-order valence-corrected chi connectivity index (χ2v) is 7.07. The summed E-state index contributed by atoms with van der Waals surface area (Å²) in [7, 11) is 1.96. The predicted molar refractivity (Wildman–Crippen MR) is 96.0 cm³/mol. The fourth-order valence-electron chi connectivity index (χ4n) is 2.58. The molecule has 1 aromatic heterocycles. The molecule has 23 heavy (non-hydrogen) atoms. The van der Waals surface area contributed by atoms with Crippen molar-refractivity contribution in [2.24, 2.45) is 12.0 Å². The lowest BCUT2D eigenvalue weighted by molar-refractivity contribution is 0.0997. The van der Waals surface area contributed by atoms with Crippen LogP contribution in [-0.2, 0) is 7.05 Å². The summed E-state index contributed by atoms with van der Waals surface area (Å²) < 4.78 is 3.15. The molecule has 0 bridgehead atoms. The Bertz CT molecular complexity index is 947. The largest absolute Gasteiger partial charge is 0.319 e. The minimum Gasteiger partial charge on any atom is -0.319 e. The molecular formula is C19H20N2OS. The van der Waals surface area contributed by atoms with Gasteiger partial charge in [0.05, 0.1) is 10.2 Å². The fraction of sp³-hybridized carbons (Fsp3) is 0.263. The third-order valence-corrected chi connectivity index (χ3v) is 5.17. The minimum atomic E-state index is -0.186. The van der Waals surface area contributed by atoms with Crippen molar-refractivity contribution >= 4 is 27.5 Å². The Balaban J connectivity index is 2.11. The summed E-state index contributed by atoms with van der Waals surface area (Å²) in [5.41, 5.74) is 4.02. The van der Waals surface area contributed by atoms with Crippen LogP contribution in [0.1, 0.15) is 41.3 Å². The van der Waals surface area contributed by atoms with Crippen molar-refractivity contribution in [2.45, 2.75) is 26.7 Å². The normalized spacial score (nSPS) is 12.3. The number of aromatic nitrogens is 1. The number of rotatable bonds is 2. The maximum absolute atomic E-state index is 12.5. The molecule has 0 saturated carbocycles. The molecule has 2 aromatic carbocycles. The average molecular weight is 324 g/mol. The monoisotopic (exact) mass is 324 g/mol. The summed E-state index contributed by atoms with van der Waals surface area (Å²) >= 11 is 1.56. The molecule has 0 aliphatic carbocycles. The Labute approximate surface area is 139 Å². The molecule has 1 amide bonds. The third-order valence-electron chi connectivity index (χ3n) is 4.07. The number of aryl methyl sites for hydroxylation is 2. The van der Waals surface area contributed by atoms with Crippen molar-refractivity contribution in [3.05, 3.63) is 64.0 Å². The smallest absolute Gasteiger partial charge is 0.279 e. The number of hydrogen-bond acceptors (Lipinski definition) is 2. The first-order valence-electron chi connectivity index (χ1n) is 7.71. The van der Waals surface area contributed by atoms with Crippen LogP contribution in [0.15, 0.2) is 47.5 Å². The molecule has 0 atom stereocenters. The maximum Gasteiger partial charge on any atom is 0.279 e. The van der Waals surface area contributed by atoms with Gasteiger partial charge in [0.15, 0.2) is 4.80 Å². The number of carbonyl (C=O) groups excluding carboxylic acids is 1. The number of amides is 1. The van der Waals surface area contributed by atoms with Crippen LogP contribution < -0.4 is 4.80 Å². The van der Waals surface area contributed by atoms with E-state index in [2.05, 4.69) is 37.0 Å². The zero-order valence-electron chi connectivity index (χ0n) is 13.8. The Hall–Kier alpha value is -2.20. The summed E-state index contributed by atoms with van der Waals surface area (Å²) in [6, 6.07) is 14.0. The molecule has 0 aliphatic heterocycles. The van der Waals surface area contributed by atoms with Crippen molar-refractivity contribution < 1.29 is 4.79 Å². The number of fused-ring (bicyclic) bond motifs is 1. The second-order valence-electron chi connectivity index (χ2n) is 6.06. The number of benzene rings is 2. The lowest BCUT2D eigenvalue weighted by Crippen LogP contribution is -2.13. The number of nitrogens with zero attached hydrogens (tertiary/aromatic N) is 2. The maximum atomic E-state index is 12.5. The average Bonchev–Trinajstić information content (AvgIpc) is 2.83. The van der Waals surface area contributed by atoms with E-state index in [9.17, 15) is 4.79 Å². The van der Waals surface area contributed by atoms with Crippen LogP contribution in [0.4, 0.5) is 0 Å². The zero-order chi connectivity index (χ0) is 16.6. The van der Waals surface area contributed by atoms with E-state index in [1.807, 2.05) is 42.8 Å². The second kappa shape index (κ2) is 6.13. The van der Waals surface area contributed by atoms with Crippen LogP contribution in [0.3, 0.4) is 0 Å². The summed E-state index contributed by atoms with van der Waals surface area (Å²) in [6.07, 6.45) is 0. The van der Waals surface area contributed by atoms with Crippen LogP contribution in [0, 0.1) is 6.92 Å². The zero-order valence-corrected chi connectivity index (χ0v) is 14.6. The van der Waals surface area contributed by atoms with E-state index < -0.39 is 0 Å². The van der Waals surface area contributed by atoms with Gasteiger partial charge in [0.2, 0.25) is 0 Å². The highest BCUT2D eigenvalue weighted by atomic mass is 32.1. The Morgan fingerprint density at radius 3 is 2.61 bits per heavy atom. The summed E-state index contributed by atoms with van der Waals surface area (Å²) in [5, 5.41) is 0. The third kappa shape index (κ3) is 2.99. The quantitative estimate of drug-likeness (QED) is 0.687. The van der Waals surface area contributed by atoms with Gasteiger partial charge in [-0.2, -0.15) is 4.99 Å². The Morgan fingerprint density at radius 1 is 1.17 bits per heavy atom. The SMILES string of the molecule is Cc1ccccc1C(=O)N=c1sc2cc(C(C)C)ccc2n1C. The molecule has 3 rings (SSSR count). The molecule has 0 radical (unpaired) electrons. The lowest BCUT2D eigenvalue weighted by Gasteiger charge is -2.04. The van der Waals surface area contributed by atoms with Crippen LogP contribution in [0.25, 0.3) is 10.2 Å². The molecule has 0 spiro atoms. The Morgan fingerprint density at radius 2 is 1.91 bits per heavy atom. The van der Waals surface area contributed by atoms with E-state index in [-0.39, 0.29) is 5.91 Å². The Kier molecular flexibility index (Phi) is 4.18. The molecule has 0 saturated heterocycles. The van der Waals surface area contributed by atoms with Crippen molar-refractivity contribution in [3.8, 4) is 0 Å². The van der Waals surface area contributed by atoms with E-state index in [1.165, 1.54) is 5.56 Å². The fourth-order valence-corrected chi connectivity index (χ4v) is 3.64. The van der Waals surface area contributed by atoms with Crippen molar-refractivity contribution in [1.29, 1.82) is 0 Å². The molecule has 0 unspecified atom stereocenters. The predicted octanol–water partition coefficient (Wildman–Crippen LogP) is 4.41. The molecule has 1 heterocycles. The van der Waals surface area contributed by atoms with Gasteiger partial charge in [0.25, 0.3) is 5.91 Å². The summed E-state index contributed by atoms with van der Waals surface area (Å²) in [6.45, 7) is 6.30. The van der Waals surface area contributed by atoms with Crippen molar-refractivity contribution in [3.63, 3.8) is 0 Å². The van der Waals surface area contributed by atoms with Crippen LogP contribution in [-0.4, -0.2) is 10.5 Å². The molecule has 4 heteroatoms. The molecule has 118 valence electrons. The van der Waals surface area contributed by atoms with Gasteiger partial charge in [0.1, 0.15) is 0 Å². The minimum absolute atomic E-state index is 0.186. The highest BCUT2D eigenvalue weighted by molar-refractivity contribution is 7.16. The molecule has 3 aromatic rings. The molecule has 0 fully saturated rings.